The average molecular weight is 337 g/mol. The lowest BCUT2D eigenvalue weighted by molar-refractivity contribution is 0.628. The van der Waals surface area contributed by atoms with Crippen molar-refractivity contribution in [1.29, 1.82) is 0 Å². The van der Waals surface area contributed by atoms with Crippen LogP contribution in [0.5, 0.6) is 0 Å². The molecular weight excluding hydrogens is 327 g/mol. The van der Waals surface area contributed by atoms with Gasteiger partial charge in [-0.15, -0.1) is 0 Å². The van der Waals surface area contributed by atoms with Gasteiger partial charge in [0.1, 0.15) is 5.82 Å². The van der Waals surface area contributed by atoms with Crippen molar-refractivity contribution in [3.8, 4) is 0 Å². The molecule has 1 heterocycles. The summed E-state index contributed by atoms with van der Waals surface area (Å²) < 4.78 is 15.3. The first-order chi connectivity index (χ1) is 9.11. The maximum Gasteiger partial charge on any atom is 0.188 e. The van der Waals surface area contributed by atoms with E-state index >= 15 is 0 Å². The van der Waals surface area contributed by atoms with Gasteiger partial charge >= 0.3 is 0 Å². The van der Waals surface area contributed by atoms with Crippen molar-refractivity contribution >= 4 is 48.3 Å². The number of hydrogen-bond donors (Lipinski definition) is 1. The van der Waals surface area contributed by atoms with Gasteiger partial charge in [-0.3, -0.25) is 0 Å². The maximum atomic E-state index is 13.2. The van der Waals surface area contributed by atoms with Gasteiger partial charge in [0.15, 0.2) is 5.13 Å². The van der Waals surface area contributed by atoms with E-state index in [1.54, 1.807) is 17.4 Å². The Hall–Kier alpha value is -1.46. The molecule has 1 N–H and O–H groups in total. The number of fused-ring (bicyclic) bond motifs is 1. The Morgan fingerprint density at radius 2 is 2.05 bits per heavy atom. The summed E-state index contributed by atoms with van der Waals surface area (Å²) in [7, 11) is 0. The van der Waals surface area contributed by atoms with Gasteiger partial charge in [0.25, 0.3) is 0 Å². The average Bonchev–Trinajstić information content (AvgIpc) is 2.75. The van der Waals surface area contributed by atoms with E-state index in [1.807, 2.05) is 25.1 Å². The molecule has 3 aromatic rings. The second-order valence-electron chi connectivity index (χ2n) is 4.22. The smallest absolute Gasteiger partial charge is 0.188 e. The summed E-state index contributed by atoms with van der Waals surface area (Å²) >= 11 is 4.97. The third kappa shape index (κ3) is 2.62. The number of anilines is 2. The van der Waals surface area contributed by atoms with Gasteiger partial charge in [0.05, 0.1) is 10.2 Å². The van der Waals surface area contributed by atoms with Gasteiger partial charge in [-0.2, -0.15) is 0 Å². The topological polar surface area (TPSA) is 24.9 Å². The van der Waals surface area contributed by atoms with Crippen LogP contribution in [0.2, 0.25) is 0 Å². The summed E-state index contributed by atoms with van der Waals surface area (Å²) in [5.74, 6) is -0.253. The largest absolute Gasteiger partial charge is 0.331 e. The number of nitrogens with zero attached hydrogens (tertiary/aromatic N) is 1. The third-order valence-corrected chi connectivity index (χ3v) is 4.24. The van der Waals surface area contributed by atoms with Gasteiger partial charge in [-0.25, -0.2) is 9.37 Å². The number of halogens is 2. The molecule has 1 aromatic heterocycles. The molecule has 0 aliphatic heterocycles. The Kier molecular flexibility index (Phi) is 3.24. The molecule has 0 bridgehead atoms. The minimum Gasteiger partial charge on any atom is -0.331 e. The van der Waals surface area contributed by atoms with Gasteiger partial charge in [-0.1, -0.05) is 33.3 Å². The molecule has 2 nitrogen and oxygen atoms in total. The zero-order valence-electron chi connectivity index (χ0n) is 10.1. The van der Waals surface area contributed by atoms with Crippen LogP contribution in [0.1, 0.15) is 5.56 Å². The Bertz CT molecular complexity index is 754. The Morgan fingerprint density at radius 1 is 1.21 bits per heavy atom. The van der Waals surface area contributed by atoms with Crippen molar-refractivity contribution in [2.24, 2.45) is 0 Å². The van der Waals surface area contributed by atoms with E-state index in [2.05, 4.69) is 26.2 Å². The van der Waals surface area contributed by atoms with Crippen LogP contribution in [-0.4, -0.2) is 4.98 Å². The van der Waals surface area contributed by atoms with Crippen LogP contribution in [0.15, 0.2) is 40.9 Å². The number of hydrogen-bond acceptors (Lipinski definition) is 3. The molecule has 2 aromatic carbocycles. The minimum absolute atomic E-state index is 0.253. The molecule has 0 saturated carbocycles. The molecule has 96 valence electrons. The molecule has 0 radical (unpaired) electrons. The Morgan fingerprint density at radius 3 is 2.89 bits per heavy atom. The second kappa shape index (κ2) is 4.90. The second-order valence-corrected chi connectivity index (χ2v) is 6.16. The van der Waals surface area contributed by atoms with Gasteiger partial charge < -0.3 is 5.32 Å². The van der Waals surface area contributed by atoms with E-state index in [0.29, 0.717) is 0 Å². The minimum atomic E-state index is -0.253. The van der Waals surface area contributed by atoms with Crippen LogP contribution in [0, 0.1) is 12.7 Å². The first kappa shape index (κ1) is 12.6. The highest BCUT2D eigenvalue weighted by atomic mass is 79.9. The van der Waals surface area contributed by atoms with Crippen LogP contribution in [0.4, 0.5) is 15.2 Å². The van der Waals surface area contributed by atoms with Crippen LogP contribution in [0.3, 0.4) is 0 Å². The Balaban J connectivity index is 1.98. The summed E-state index contributed by atoms with van der Waals surface area (Å²) in [6.45, 7) is 1.94. The fourth-order valence-electron chi connectivity index (χ4n) is 1.80. The first-order valence-corrected chi connectivity index (χ1v) is 7.32. The van der Waals surface area contributed by atoms with E-state index in [-0.39, 0.29) is 5.82 Å². The van der Waals surface area contributed by atoms with E-state index in [4.69, 9.17) is 0 Å². The number of nitrogens with one attached hydrogen (secondary N) is 1. The quantitative estimate of drug-likeness (QED) is 0.691. The summed E-state index contributed by atoms with van der Waals surface area (Å²) in [5, 5.41) is 3.94. The van der Waals surface area contributed by atoms with Crippen molar-refractivity contribution in [2.45, 2.75) is 6.92 Å². The summed E-state index contributed by atoms with van der Waals surface area (Å²) in [5.41, 5.74) is 2.66. The molecule has 0 amide bonds. The lowest BCUT2D eigenvalue weighted by atomic mass is 10.2. The molecule has 5 heteroatoms. The van der Waals surface area contributed by atoms with E-state index in [9.17, 15) is 4.39 Å². The molecule has 0 fully saturated rings. The predicted octanol–water partition coefficient (Wildman–Crippen LogP) is 5.25. The van der Waals surface area contributed by atoms with Crippen molar-refractivity contribution < 1.29 is 4.39 Å². The number of thiazole rings is 1. The maximum absolute atomic E-state index is 13.2. The van der Waals surface area contributed by atoms with Crippen molar-refractivity contribution in [3.63, 3.8) is 0 Å². The summed E-state index contributed by atoms with van der Waals surface area (Å²) in [6.07, 6.45) is 0. The van der Waals surface area contributed by atoms with Crippen LogP contribution >= 0.6 is 27.3 Å². The molecule has 0 atom stereocenters. The zero-order chi connectivity index (χ0) is 13.4. The van der Waals surface area contributed by atoms with Gasteiger partial charge in [0.2, 0.25) is 0 Å². The van der Waals surface area contributed by atoms with Gasteiger partial charge in [0, 0.05) is 10.2 Å². The predicted molar refractivity (Wildman–Crippen MR) is 81.7 cm³/mol. The fourth-order valence-corrected chi connectivity index (χ4v) is 3.01. The van der Waals surface area contributed by atoms with Crippen molar-refractivity contribution in [1.82, 2.24) is 4.98 Å². The molecule has 0 aliphatic rings. The molecule has 0 spiro atoms. The van der Waals surface area contributed by atoms with E-state index in [1.165, 1.54) is 12.1 Å². The third-order valence-electron chi connectivity index (χ3n) is 2.79. The zero-order valence-corrected chi connectivity index (χ0v) is 12.5. The lowest BCUT2D eigenvalue weighted by Gasteiger charge is -2.05. The molecule has 3 rings (SSSR count). The van der Waals surface area contributed by atoms with Crippen LogP contribution in [-0.2, 0) is 0 Å². The van der Waals surface area contributed by atoms with E-state index < -0.39 is 0 Å². The SMILES string of the molecule is Cc1ccc(F)cc1Nc1nc2cc(Br)ccc2s1. The van der Waals surface area contributed by atoms with Crippen molar-refractivity contribution in [2.75, 3.05) is 5.32 Å². The molecule has 0 aliphatic carbocycles. The highest BCUT2D eigenvalue weighted by Gasteiger charge is 2.06. The highest BCUT2D eigenvalue weighted by Crippen LogP contribution is 2.31. The number of aromatic nitrogens is 1. The molecule has 0 unspecified atom stereocenters. The number of aryl methyl sites for hydroxylation is 1. The highest BCUT2D eigenvalue weighted by molar-refractivity contribution is 9.10. The Labute approximate surface area is 122 Å². The standard InChI is InChI=1S/C14H10BrFN2S/c1-8-2-4-10(16)7-11(8)17-14-18-12-6-9(15)3-5-13(12)19-14/h2-7H,1H3,(H,17,18). The molecule has 19 heavy (non-hydrogen) atoms. The van der Waals surface area contributed by atoms with Gasteiger partial charge in [-0.05, 0) is 42.8 Å². The fraction of sp³-hybridized carbons (Fsp3) is 0.0714. The molecule has 0 saturated heterocycles. The first-order valence-electron chi connectivity index (χ1n) is 5.71. The van der Waals surface area contributed by atoms with Crippen LogP contribution < -0.4 is 5.32 Å². The summed E-state index contributed by atoms with van der Waals surface area (Å²) in [6, 6.07) is 10.7. The molecular formula is C14H10BrFN2S. The van der Waals surface area contributed by atoms with E-state index in [0.717, 1.165) is 31.1 Å². The van der Waals surface area contributed by atoms with Crippen LogP contribution in [0.25, 0.3) is 10.2 Å². The number of rotatable bonds is 2. The van der Waals surface area contributed by atoms with Crippen molar-refractivity contribution in [3.05, 3.63) is 52.3 Å². The summed E-state index contributed by atoms with van der Waals surface area (Å²) in [4.78, 5) is 4.49. The normalized spacial score (nSPS) is 10.9. The number of benzene rings is 2. The lowest BCUT2D eigenvalue weighted by Crippen LogP contribution is -1.93. The monoisotopic (exact) mass is 336 g/mol.